The molecular weight excluding hydrogens is 291 g/mol. The van der Waals surface area contributed by atoms with E-state index in [1.165, 1.54) is 25.0 Å². The molecule has 4 heteroatoms. The minimum atomic E-state index is -0.224. The van der Waals surface area contributed by atoms with Gasteiger partial charge in [-0.1, -0.05) is 12.1 Å². The molecule has 1 N–H and O–H groups in total. The van der Waals surface area contributed by atoms with Gasteiger partial charge >= 0.3 is 0 Å². The average molecular weight is 312 g/mol. The van der Waals surface area contributed by atoms with Crippen LogP contribution >= 0.6 is 0 Å². The number of hydrogen-bond donors (Lipinski definition) is 1. The highest BCUT2D eigenvalue weighted by atomic mass is 19.1. The molecule has 1 saturated heterocycles. The molecule has 23 heavy (non-hydrogen) atoms. The Morgan fingerprint density at radius 2 is 1.70 bits per heavy atom. The number of rotatable bonds is 3. The Labute approximate surface area is 135 Å². The maximum atomic E-state index is 13.0. The molecule has 4 rings (SSSR count). The second kappa shape index (κ2) is 5.93. The van der Waals surface area contributed by atoms with Crippen molar-refractivity contribution in [1.82, 2.24) is 10.3 Å². The first-order chi connectivity index (χ1) is 11.2. The molecule has 1 saturated carbocycles. The van der Waals surface area contributed by atoms with Crippen molar-refractivity contribution in [3.63, 3.8) is 0 Å². The molecule has 1 aromatic heterocycles. The summed E-state index contributed by atoms with van der Waals surface area (Å²) in [4.78, 5) is 4.40. The molecule has 0 atom stereocenters. The molecule has 3 nitrogen and oxygen atoms in total. The van der Waals surface area contributed by atoms with Crippen molar-refractivity contribution in [3.05, 3.63) is 48.4 Å². The lowest BCUT2D eigenvalue weighted by Crippen LogP contribution is -2.49. The second-order valence-electron chi connectivity index (χ2n) is 6.79. The molecule has 1 aromatic carbocycles. The average Bonchev–Trinajstić information content (AvgIpc) is 2.56. The van der Waals surface area contributed by atoms with E-state index in [4.69, 9.17) is 4.74 Å². The summed E-state index contributed by atoms with van der Waals surface area (Å²) in [6, 6.07) is 10.3. The lowest BCUT2D eigenvalue weighted by atomic mass is 9.62. The number of ether oxygens (including phenoxy) is 1. The molecule has 120 valence electrons. The van der Waals surface area contributed by atoms with Crippen molar-refractivity contribution in [2.75, 3.05) is 13.1 Å². The Morgan fingerprint density at radius 3 is 2.35 bits per heavy atom. The van der Waals surface area contributed by atoms with Crippen LogP contribution in [0.3, 0.4) is 0 Å². The zero-order valence-electron chi connectivity index (χ0n) is 13.1. The summed E-state index contributed by atoms with van der Waals surface area (Å²) in [5, 5.41) is 3.42. The van der Waals surface area contributed by atoms with E-state index in [-0.39, 0.29) is 5.82 Å². The molecule has 1 aliphatic heterocycles. The van der Waals surface area contributed by atoms with E-state index in [0.29, 0.717) is 17.4 Å². The molecule has 2 aromatic rings. The third kappa shape index (κ3) is 3.08. The monoisotopic (exact) mass is 312 g/mol. The summed E-state index contributed by atoms with van der Waals surface area (Å²) in [6.45, 7) is 2.27. The number of piperidine rings is 1. The largest absolute Gasteiger partial charge is 0.474 e. The standard InChI is InChI=1S/C19H21FN2O/c20-16-4-1-14(2-5-16)15-3-6-18(22-13-15)23-17-11-19(12-17)7-9-21-10-8-19/h1-6,13,17,21H,7-12H2. The van der Waals surface area contributed by atoms with Crippen LogP contribution in [0.25, 0.3) is 11.1 Å². The summed E-state index contributed by atoms with van der Waals surface area (Å²) in [5.74, 6) is 0.461. The first kappa shape index (κ1) is 14.6. The van der Waals surface area contributed by atoms with Crippen molar-refractivity contribution in [2.24, 2.45) is 5.41 Å². The third-order valence-electron chi connectivity index (χ3n) is 5.19. The van der Waals surface area contributed by atoms with Crippen LogP contribution in [-0.2, 0) is 0 Å². The van der Waals surface area contributed by atoms with Gasteiger partial charge in [0.05, 0.1) is 0 Å². The number of hydrogen-bond acceptors (Lipinski definition) is 3. The summed E-state index contributed by atoms with van der Waals surface area (Å²) in [6.07, 6.45) is 6.93. The van der Waals surface area contributed by atoms with E-state index in [1.807, 2.05) is 12.1 Å². The first-order valence-corrected chi connectivity index (χ1v) is 8.32. The molecule has 0 bridgehead atoms. The van der Waals surface area contributed by atoms with Crippen LogP contribution in [0.2, 0.25) is 0 Å². The van der Waals surface area contributed by atoms with Crippen molar-refractivity contribution in [2.45, 2.75) is 31.8 Å². The Kier molecular flexibility index (Phi) is 3.77. The van der Waals surface area contributed by atoms with Crippen LogP contribution in [0.15, 0.2) is 42.6 Å². The van der Waals surface area contributed by atoms with Gasteiger partial charge in [-0.3, -0.25) is 0 Å². The van der Waals surface area contributed by atoms with Gasteiger partial charge in [-0.15, -0.1) is 0 Å². The molecule has 0 radical (unpaired) electrons. The van der Waals surface area contributed by atoms with Crippen molar-refractivity contribution in [3.8, 4) is 17.0 Å². The number of benzene rings is 1. The maximum absolute atomic E-state index is 13.0. The van der Waals surface area contributed by atoms with Crippen molar-refractivity contribution in [1.29, 1.82) is 0 Å². The Balaban J connectivity index is 1.37. The van der Waals surface area contributed by atoms with Crippen LogP contribution in [0, 0.1) is 11.2 Å². The van der Waals surface area contributed by atoms with Gasteiger partial charge in [-0.05, 0) is 68.0 Å². The maximum Gasteiger partial charge on any atom is 0.213 e. The summed E-state index contributed by atoms with van der Waals surface area (Å²) in [5.41, 5.74) is 2.45. The summed E-state index contributed by atoms with van der Waals surface area (Å²) >= 11 is 0. The van der Waals surface area contributed by atoms with Crippen molar-refractivity contribution < 1.29 is 9.13 Å². The summed E-state index contributed by atoms with van der Waals surface area (Å²) in [7, 11) is 0. The fourth-order valence-electron chi connectivity index (χ4n) is 3.79. The quantitative estimate of drug-likeness (QED) is 0.936. The van der Waals surface area contributed by atoms with Gasteiger partial charge in [0.1, 0.15) is 11.9 Å². The molecule has 1 spiro atoms. The van der Waals surface area contributed by atoms with Crippen LogP contribution < -0.4 is 10.1 Å². The topological polar surface area (TPSA) is 34.1 Å². The molecular formula is C19H21FN2O. The fraction of sp³-hybridized carbons (Fsp3) is 0.421. The molecule has 0 amide bonds. The van der Waals surface area contributed by atoms with Crippen LogP contribution in [0.5, 0.6) is 5.88 Å². The van der Waals surface area contributed by atoms with E-state index >= 15 is 0 Å². The molecule has 1 aliphatic carbocycles. The van der Waals surface area contributed by atoms with Gasteiger partial charge in [-0.2, -0.15) is 0 Å². The van der Waals surface area contributed by atoms with E-state index in [2.05, 4.69) is 10.3 Å². The molecule has 2 heterocycles. The Morgan fingerprint density at radius 1 is 1.00 bits per heavy atom. The SMILES string of the molecule is Fc1ccc(-c2ccc(OC3CC4(CCNCC4)C3)nc2)cc1. The van der Waals surface area contributed by atoms with Crippen LogP contribution in [0.4, 0.5) is 4.39 Å². The number of nitrogens with zero attached hydrogens (tertiary/aromatic N) is 1. The van der Waals surface area contributed by atoms with E-state index in [1.54, 1.807) is 18.3 Å². The smallest absolute Gasteiger partial charge is 0.213 e. The Hall–Kier alpha value is -1.94. The highest BCUT2D eigenvalue weighted by Gasteiger charge is 2.45. The number of nitrogens with one attached hydrogen (secondary N) is 1. The highest BCUT2D eigenvalue weighted by molar-refractivity contribution is 5.62. The predicted molar refractivity (Wildman–Crippen MR) is 87.8 cm³/mol. The van der Waals surface area contributed by atoms with E-state index in [9.17, 15) is 4.39 Å². The zero-order chi connectivity index (χ0) is 15.7. The van der Waals surface area contributed by atoms with Gasteiger partial charge in [0.25, 0.3) is 0 Å². The van der Waals surface area contributed by atoms with Gasteiger partial charge < -0.3 is 10.1 Å². The fourth-order valence-corrected chi connectivity index (χ4v) is 3.79. The van der Waals surface area contributed by atoms with Gasteiger partial charge in [0.15, 0.2) is 0 Å². The molecule has 2 fully saturated rings. The van der Waals surface area contributed by atoms with Crippen molar-refractivity contribution >= 4 is 0 Å². The highest BCUT2D eigenvalue weighted by Crippen LogP contribution is 2.49. The number of pyridine rings is 1. The number of halogens is 1. The van der Waals surface area contributed by atoms with Gasteiger partial charge in [-0.25, -0.2) is 9.37 Å². The first-order valence-electron chi connectivity index (χ1n) is 8.32. The number of aromatic nitrogens is 1. The zero-order valence-corrected chi connectivity index (χ0v) is 13.1. The Bertz CT molecular complexity index is 655. The lowest BCUT2D eigenvalue weighted by molar-refractivity contribution is -0.0367. The normalized spacial score (nSPS) is 20.2. The van der Waals surface area contributed by atoms with Gasteiger partial charge in [0, 0.05) is 17.8 Å². The van der Waals surface area contributed by atoms with E-state index < -0.39 is 0 Å². The molecule has 2 aliphatic rings. The van der Waals surface area contributed by atoms with E-state index in [0.717, 1.165) is 37.1 Å². The molecule has 0 unspecified atom stereocenters. The third-order valence-corrected chi connectivity index (χ3v) is 5.19. The lowest BCUT2D eigenvalue weighted by Gasteiger charge is -2.49. The van der Waals surface area contributed by atoms with Crippen LogP contribution in [0.1, 0.15) is 25.7 Å². The minimum absolute atomic E-state index is 0.224. The minimum Gasteiger partial charge on any atom is -0.474 e. The second-order valence-corrected chi connectivity index (χ2v) is 6.79. The van der Waals surface area contributed by atoms with Gasteiger partial charge in [0.2, 0.25) is 5.88 Å². The van der Waals surface area contributed by atoms with Crippen LogP contribution in [-0.4, -0.2) is 24.2 Å². The predicted octanol–water partition coefficient (Wildman–Crippen LogP) is 3.80. The summed E-state index contributed by atoms with van der Waals surface area (Å²) < 4.78 is 19.0.